The van der Waals surface area contributed by atoms with E-state index in [1.54, 1.807) is 6.33 Å². The van der Waals surface area contributed by atoms with Crippen LogP contribution in [0.4, 0.5) is 0 Å². The number of hydrogen-bond acceptors (Lipinski definition) is 4. The molecule has 0 aromatic carbocycles. The maximum Gasteiger partial charge on any atom is 0.148 e. The van der Waals surface area contributed by atoms with Crippen LogP contribution in [0.25, 0.3) is 0 Å². The molecule has 0 aliphatic carbocycles. The van der Waals surface area contributed by atoms with Crippen molar-refractivity contribution < 1.29 is 0 Å². The lowest BCUT2D eigenvalue weighted by Gasteiger charge is -2.11. The van der Waals surface area contributed by atoms with Crippen molar-refractivity contribution in [2.45, 2.75) is 66.1 Å². The van der Waals surface area contributed by atoms with Gasteiger partial charge in [0.25, 0.3) is 0 Å². The van der Waals surface area contributed by atoms with Crippen LogP contribution in [-0.4, -0.2) is 30.6 Å². The van der Waals surface area contributed by atoms with Gasteiger partial charge in [0.05, 0.1) is 5.69 Å². The predicted octanol–water partition coefficient (Wildman–Crippen LogP) is 2.00. The monoisotopic (exact) mass is 290 g/mol. The zero-order valence-corrected chi connectivity index (χ0v) is 13.7. The van der Waals surface area contributed by atoms with Gasteiger partial charge in [0.2, 0.25) is 0 Å². The van der Waals surface area contributed by atoms with Crippen molar-refractivity contribution in [3.63, 3.8) is 0 Å². The van der Waals surface area contributed by atoms with Gasteiger partial charge in [0.15, 0.2) is 0 Å². The molecule has 0 fully saturated rings. The SMILES string of the molecule is CCC(N)Cc1c(C)nn(Cc2ncnn2C(C)C)c1C. The van der Waals surface area contributed by atoms with E-state index in [4.69, 9.17) is 5.73 Å². The third-order valence-electron chi connectivity index (χ3n) is 3.95. The van der Waals surface area contributed by atoms with Crippen molar-refractivity contribution in [3.8, 4) is 0 Å². The van der Waals surface area contributed by atoms with Gasteiger partial charge in [0, 0.05) is 17.8 Å². The molecule has 0 spiro atoms. The minimum absolute atomic E-state index is 0.194. The van der Waals surface area contributed by atoms with Crippen LogP contribution >= 0.6 is 0 Å². The van der Waals surface area contributed by atoms with Crippen molar-refractivity contribution in [3.05, 3.63) is 29.1 Å². The van der Waals surface area contributed by atoms with E-state index in [2.05, 4.69) is 42.9 Å². The fourth-order valence-electron chi connectivity index (χ4n) is 2.54. The molecule has 2 aromatic rings. The van der Waals surface area contributed by atoms with E-state index < -0.39 is 0 Å². The molecular weight excluding hydrogens is 264 g/mol. The van der Waals surface area contributed by atoms with Crippen LogP contribution in [0, 0.1) is 13.8 Å². The first kappa shape index (κ1) is 15.7. The molecule has 2 aromatic heterocycles. The summed E-state index contributed by atoms with van der Waals surface area (Å²) >= 11 is 0. The maximum absolute atomic E-state index is 6.09. The normalized spacial score (nSPS) is 13.1. The van der Waals surface area contributed by atoms with Crippen molar-refractivity contribution in [1.29, 1.82) is 0 Å². The summed E-state index contributed by atoms with van der Waals surface area (Å²) in [5.74, 6) is 0.932. The molecule has 0 bridgehead atoms. The van der Waals surface area contributed by atoms with E-state index in [0.717, 1.165) is 24.4 Å². The third kappa shape index (κ3) is 3.32. The summed E-state index contributed by atoms with van der Waals surface area (Å²) < 4.78 is 3.95. The van der Waals surface area contributed by atoms with Crippen molar-refractivity contribution in [2.75, 3.05) is 0 Å². The van der Waals surface area contributed by atoms with E-state index in [-0.39, 0.29) is 6.04 Å². The van der Waals surface area contributed by atoms with E-state index in [9.17, 15) is 0 Å². The van der Waals surface area contributed by atoms with Crippen LogP contribution in [0.3, 0.4) is 0 Å². The van der Waals surface area contributed by atoms with Crippen LogP contribution in [-0.2, 0) is 13.0 Å². The number of rotatable bonds is 6. The maximum atomic E-state index is 6.09. The Balaban J connectivity index is 2.25. The molecule has 2 rings (SSSR count). The van der Waals surface area contributed by atoms with Crippen LogP contribution in [0.1, 0.15) is 56.0 Å². The largest absolute Gasteiger partial charge is 0.327 e. The summed E-state index contributed by atoms with van der Waals surface area (Å²) in [6.45, 7) is 11.1. The first-order valence-electron chi connectivity index (χ1n) is 7.60. The molecule has 21 heavy (non-hydrogen) atoms. The smallest absolute Gasteiger partial charge is 0.148 e. The lowest BCUT2D eigenvalue weighted by molar-refractivity contribution is 0.485. The van der Waals surface area contributed by atoms with Crippen LogP contribution < -0.4 is 5.73 Å². The van der Waals surface area contributed by atoms with Gasteiger partial charge in [0.1, 0.15) is 18.7 Å². The van der Waals surface area contributed by atoms with Gasteiger partial charge < -0.3 is 5.73 Å². The van der Waals surface area contributed by atoms with E-state index in [1.807, 2.05) is 16.3 Å². The van der Waals surface area contributed by atoms with Crippen molar-refractivity contribution >= 4 is 0 Å². The second kappa shape index (κ2) is 6.39. The summed E-state index contributed by atoms with van der Waals surface area (Å²) in [6.07, 6.45) is 3.46. The molecule has 0 amide bonds. The highest BCUT2D eigenvalue weighted by molar-refractivity contribution is 5.26. The lowest BCUT2D eigenvalue weighted by atomic mass is 10.0. The molecule has 1 atom stereocenters. The zero-order chi connectivity index (χ0) is 15.6. The fourth-order valence-corrected chi connectivity index (χ4v) is 2.54. The number of nitrogens with zero attached hydrogens (tertiary/aromatic N) is 5. The summed E-state index contributed by atoms with van der Waals surface area (Å²) in [5.41, 5.74) is 9.59. The van der Waals surface area contributed by atoms with Gasteiger partial charge in [-0.15, -0.1) is 0 Å². The molecule has 0 saturated heterocycles. The molecule has 0 radical (unpaired) electrons. The average Bonchev–Trinajstić information content (AvgIpc) is 2.99. The molecule has 2 heterocycles. The Kier molecular flexibility index (Phi) is 4.77. The van der Waals surface area contributed by atoms with Gasteiger partial charge in [-0.25, -0.2) is 9.67 Å². The Morgan fingerprint density at radius 2 is 2.00 bits per heavy atom. The summed E-state index contributed by atoms with van der Waals surface area (Å²) in [4.78, 5) is 4.36. The Hall–Kier alpha value is -1.69. The second-order valence-electron chi connectivity index (χ2n) is 5.89. The van der Waals surface area contributed by atoms with E-state index in [0.29, 0.717) is 12.6 Å². The molecule has 0 aliphatic heterocycles. The minimum Gasteiger partial charge on any atom is -0.327 e. The molecule has 2 N–H and O–H groups in total. The number of aromatic nitrogens is 5. The molecular formula is C15H26N6. The molecule has 6 heteroatoms. The van der Waals surface area contributed by atoms with E-state index >= 15 is 0 Å². The van der Waals surface area contributed by atoms with Crippen LogP contribution in [0.2, 0.25) is 0 Å². The third-order valence-corrected chi connectivity index (χ3v) is 3.95. The minimum atomic E-state index is 0.194. The first-order valence-corrected chi connectivity index (χ1v) is 7.60. The molecule has 6 nitrogen and oxygen atoms in total. The first-order chi connectivity index (χ1) is 9.93. The molecule has 116 valence electrons. The van der Waals surface area contributed by atoms with Crippen LogP contribution in [0.5, 0.6) is 0 Å². The number of aryl methyl sites for hydroxylation is 1. The second-order valence-corrected chi connectivity index (χ2v) is 5.89. The molecule has 0 aliphatic rings. The Morgan fingerprint density at radius 1 is 1.29 bits per heavy atom. The predicted molar refractivity (Wildman–Crippen MR) is 83.2 cm³/mol. The highest BCUT2D eigenvalue weighted by atomic mass is 15.4. The number of nitrogens with two attached hydrogens (primary N) is 1. The summed E-state index contributed by atoms with van der Waals surface area (Å²) in [7, 11) is 0. The highest BCUT2D eigenvalue weighted by Crippen LogP contribution is 2.17. The number of hydrogen-bond donors (Lipinski definition) is 1. The quantitative estimate of drug-likeness (QED) is 0.883. The van der Waals surface area contributed by atoms with Crippen molar-refractivity contribution in [2.24, 2.45) is 5.73 Å². The molecule has 1 unspecified atom stereocenters. The van der Waals surface area contributed by atoms with Crippen LogP contribution in [0.15, 0.2) is 6.33 Å². The molecule has 0 saturated carbocycles. The van der Waals surface area contributed by atoms with Gasteiger partial charge >= 0.3 is 0 Å². The van der Waals surface area contributed by atoms with Crippen molar-refractivity contribution in [1.82, 2.24) is 24.5 Å². The van der Waals surface area contributed by atoms with Gasteiger partial charge in [-0.1, -0.05) is 6.92 Å². The van der Waals surface area contributed by atoms with Gasteiger partial charge in [-0.05, 0) is 46.1 Å². The standard InChI is InChI=1S/C15H26N6/c1-6-13(16)7-14-11(4)19-20(12(14)5)8-15-17-9-18-21(15)10(2)3/h9-10,13H,6-8,16H2,1-5H3. The summed E-state index contributed by atoms with van der Waals surface area (Å²) in [6, 6.07) is 0.492. The van der Waals surface area contributed by atoms with Gasteiger partial charge in [-0.3, -0.25) is 4.68 Å². The topological polar surface area (TPSA) is 74.6 Å². The Bertz CT molecular complexity index is 595. The zero-order valence-electron chi connectivity index (χ0n) is 13.7. The van der Waals surface area contributed by atoms with Gasteiger partial charge in [-0.2, -0.15) is 10.2 Å². The van der Waals surface area contributed by atoms with E-state index in [1.165, 1.54) is 11.3 Å². The Labute approximate surface area is 126 Å². The highest BCUT2D eigenvalue weighted by Gasteiger charge is 2.16. The Morgan fingerprint density at radius 3 is 2.62 bits per heavy atom. The fraction of sp³-hybridized carbons (Fsp3) is 0.667. The average molecular weight is 290 g/mol. The summed E-state index contributed by atoms with van der Waals surface area (Å²) in [5, 5.41) is 8.93. The lowest BCUT2D eigenvalue weighted by Crippen LogP contribution is -2.22.